The molecule has 0 amide bonds. The van der Waals surface area contributed by atoms with E-state index in [2.05, 4.69) is 0 Å². The highest BCUT2D eigenvalue weighted by Gasteiger charge is 2.19. The zero-order valence-corrected chi connectivity index (χ0v) is 10.3. The van der Waals surface area contributed by atoms with Crippen LogP contribution in [0.1, 0.15) is 56.6 Å². The van der Waals surface area contributed by atoms with Crippen molar-refractivity contribution in [2.75, 3.05) is 0 Å². The SMILES string of the molecule is Oc1ccc(C(O)CCCCCC2CC2)cc1. The number of hydrogen-bond donors (Lipinski definition) is 2. The number of aliphatic hydroxyl groups excluding tert-OH is 1. The van der Waals surface area contributed by atoms with Gasteiger partial charge in [-0.05, 0) is 30.0 Å². The number of benzene rings is 1. The van der Waals surface area contributed by atoms with Gasteiger partial charge in [0, 0.05) is 0 Å². The predicted octanol–water partition coefficient (Wildman–Crippen LogP) is 3.79. The maximum absolute atomic E-state index is 9.95. The molecule has 0 saturated heterocycles. The van der Waals surface area contributed by atoms with Crippen LogP contribution in [0.25, 0.3) is 0 Å². The van der Waals surface area contributed by atoms with Crippen LogP contribution >= 0.6 is 0 Å². The summed E-state index contributed by atoms with van der Waals surface area (Å²) in [7, 11) is 0. The lowest BCUT2D eigenvalue weighted by Crippen LogP contribution is -1.97. The summed E-state index contributed by atoms with van der Waals surface area (Å²) in [6.07, 6.45) is 8.35. The lowest BCUT2D eigenvalue weighted by atomic mass is 10.0. The first-order valence-corrected chi connectivity index (χ1v) is 6.72. The van der Waals surface area contributed by atoms with Crippen molar-refractivity contribution in [3.05, 3.63) is 29.8 Å². The van der Waals surface area contributed by atoms with E-state index < -0.39 is 0 Å². The van der Waals surface area contributed by atoms with Gasteiger partial charge in [-0.3, -0.25) is 0 Å². The fourth-order valence-corrected chi connectivity index (χ4v) is 2.22. The molecule has 94 valence electrons. The molecule has 1 atom stereocenters. The average molecular weight is 234 g/mol. The van der Waals surface area contributed by atoms with Gasteiger partial charge in [-0.2, -0.15) is 0 Å². The van der Waals surface area contributed by atoms with Crippen molar-refractivity contribution in [2.45, 2.75) is 51.0 Å². The third-order valence-corrected chi connectivity index (χ3v) is 3.56. The Kier molecular flexibility index (Phi) is 4.43. The van der Waals surface area contributed by atoms with E-state index in [1.807, 2.05) is 0 Å². The largest absolute Gasteiger partial charge is 0.508 e. The summed E-state index contributed by atoms with van der Waals surface area (Å²) in [6.45, 7) is 0. The molecule has 2 rings (SSSR count). The lowest BCUT2D eigenvalue weighted by Gasteiger charge is -2.10. The van der Waals surface area contributed by atoms with Crippen LogP contribution in [0.2, 0.25) is 0 Å². The molecule has 2 N–H and O–H groups in total. The molecular weight excluding hydrogens is 212 g/mol. The molecule has 0 aromatic heterocycles. The number of aliphatic hydroxyl groups is 1. The Morgan fingerprint density at radius 3 is 2.41 bits per heavy atom. The average Bonchev–Trinajstić information content (AvgIpc) is 3.13. The molecule has 2 heteroatoms. The van der Waals surface area contributed by atoms with Crippen molar-refractivity contribution in [1.29, 1.82) is 0 Å². The Morgan fingerprint density at radius 2 is 1.76 bits per heavy atom. The van der Waals surface area contributed by atoms with E-state index in [-0.39, 0.29) is 11.9 Å². The molecule has 0 bridgehead atoms. The maximum atomic E-state index is 9.95. The zero-order valence-electron chi connectivity index (χ0n) is 10.3. The van der Waals surface area contributed by atoms with Crippen molar-refractivity contribution < 1.29 is 10.2 Å². The minimum atomic E-state index is -0.378. The van der Waals surface area contributed by atoms with Crippen LogP contribution in [0.15, 0.2) is 24.3 Å². The van der Waals surface area contributed by atoms with Gasteiger partial charge in [0.05, 0.1) is 6.10 Å². The van der Waals surface area contributed by atoms with Gasteiger partial charge in [0.1, 0.15) is 5.75 Å². The molecule has 1 unspecified atom stereocenters. The molecule has 1 aromatic carbocycles. The Balaban J connectivity index is 1.62. The van der Waals surface area contributed by atoms with E-state index in [1.165, 1.54) is 32.1 Å². The highest BCUT2D eigenvalue weighted by atomic mass is 16.3. The van der Waals surface area contributed by atoms with E-state index >= 15 is 0 Å². The Morgan fingerprint density at radius 1 is 1.06 bits per heavy atom. The molecule has 0 spiro atoms. The number of unbranched alkanes of at least 4 members (excludes halogenated alkanes) is 2. The third-order valence-electron chi connectivity index (χ3n) is 3.56. The Labute approximate surface area is 103 Å². The van der Waals surface area contributed by atoms with Crippen molar-refractivity contribution >= 4 is 0 Å². The fourth-order valence-electron chi connectivity index (χ4n) is 2.22. The van der Waals surface area contributed by atoms with Crippen LogP contribution in [-0.4, -0.2) is 10.2 Å². The monoisotopic (exact) mass is 234 g/mol. The van der Waals surface area contributed by atoms with Gasteiger partial charge in [-0.15, -0.1) is 0 Å². The Hall–Kier alpha value is -1.02. The number of phenolic OH excluding ortho intramolecular Hbond substituents is 1. The molecule has 1 saturated carbocycles. The van der Waals surface area contributed by atoms with Gasteiger partial charge >= 0.3 is 0 Å². The van der Waals surface area contributed by atoms with E-state index in [1.54, 1.807) is 24.3 Å². The van der Waals surface area contributed by atoms with E-state index in [4.69, 9.17) is 5.11 Å². The normalized spacial score (nSPS) is 17.0. The van der Waals surface area contributed by atoms with Crippen LogP contribution in [0.5, 0.6) is 5.75 Å². The smallest absolute Gasteiger partial charge is 0.115 e. The second kappa shape index (κ2) is 6.06. The van der Waals surface area contributed by atoms with Gasteiger partial charge < -0.3 is 10.2 Å². The second-order valence-electron chi connectivity index (χ2n) is 5.19. The summed E-state index contributed by atoms with van der Waals surface area (Å²) in [4.78, 5) is 0. The standard InChI is InChI=1S/C15H22O2/c16-14-10-8-13(9-11-14)15(17)5-3-1-2-4-12-6-7-12/h8-12,15-17H,1-7H2. The summed E-state index contributed by atoms with van der Waals surface area (Å²) >= 11 is 0. The summed E-state index contributed by atoms with van der Waals surface area (Å²) in [5, 5.41) is 19.1. The molecule has 0 radical (unpaired) electrons. The van der Waals surface area contributed by atoms with E-state index in [0.717, 1.165) is 24.3 Å². The summed E-state index contributed by atoms with van der Waals surface area (Å²) < 4.78 is 0. The highest BCUT2D eigenvalue weighted by Crippen LogP contribution is 2.34. The van der Waals surface area contributed by atoms with Crippen LogP contribution in [-0.2, 0) is 0 Å². The number of aromatic hydroxyl groups is 1. The Bertz CT molecular complexity index is 327. The first-order chi connectivity index (χ1) is 8.25. The van der Waals surface area contributed by atoms with Gasteiger partial charge in [0.2, 0.25) is 0 Å². The topological polar surface area (TPSA) is 40.5 Å². The van der Waals surface area contributed by atoms with Crippen LogP contribution in [0.4, 0.5) is 0 Å². The number of phenols is 1. The molecule has 1 aliphatic rings. The van der Waals surface area contributed by atoms with Crippen molar-refractivity contribution in [3.63, 3.8) is 0 Å². The van der Waals surface area contributed by atoms with Crippen LogP contribution < -0.4 is 0 Å². The summed E-state index contributed by atoms with van der Waals surface area (Å²) in [6, 6.07) is 6.85. The molecule has 2 nitrogen and oxygen atoms in total. The predicted molar refractivity (Wildman–Crippen MR) is 68.9 cm³/mol. The highest BCUT2D eigenvalue weighted by molar-refractivity contribution is 5.27. The molecule has 1 fully saturated rings. The maximum Gasteiger partial charge on any atom is 0.115 e. The van der Waals surface area contributed by atoms with Crippen molar-refractivity contribution in [2.24, 2.45) is 5.92 Å². The molecular formula is C15H22O2. The quantitative estimate of drug-likeness (QED) is 0.705. The fraction of sp³-hybridized carbons (Fsp3) is 0.600. The summed E-state index contributed by atoms with van der Waals surface area (Å²) in [5.74, 6) is 1.28. The number of hydrogen-bond acceptors (Lipinski definition) is 2. The summed E-state index contributed by atoms with van der Waals surface area (Å²) in [5.41, 5.74) is 0.907. The second-order valence-corrected chi connectivity index (χ2v) is 5.19. The zero-order chi connectivity index (χ0) is 12.1. The first kappa shape index (κ1) is 12.4. The molecule has 17 heavy (non-hydrogen) atoms. The third kappa shape index (κ3) is 4.39. The number of rotatable bonds is 7. The minimum absolute atomic E-state index is 0.255. The molecule has 0 heterocycles. The molecule has 1 aromatic rings. The van der Waals surface area contributed by atoms with E-state index in [9.17, 15) is 5.11 Å². The van der Waals surface area contributed by atoms with Crippen molar-refractivity contribution in [1.82, 2.24) is 0 Å². The molecule has 0 aliphatic heterocycles. The minimum Gasteiger partial charge on any atom is -0.508 e. The van der Waals surface area contributed by atoms with Gasteiger partial charge in [-0.1, -0.05) is 50.7 Å². The van der Waals surface area contributed by atoms with Crippen molar-refractivity contribution in [3.8, 4) is 5.75 Å². The van der Waals surface area contributed by atoms with Gasteiger partial charge in [-0.25, -0.2) is 0 Å². The van der Waals surface area contributed by atoms with E-state index in [0.29, 0.717) is 0 Å². The van der Waals surface area contributed by atoms with Gasteiger partial charge in [0.15, 0.2) is 0 Å². The molecule has 1 aliphatic carbocycles. The first-order valence-electron chi connectivity index (χ1n) is 6.72. The van der Waals surface area contributed by atoms with Gasteiger partial charge in [0.25, 0.3) is 0 Å². The lowest BCUT2D eigenvalue weighted by molar-refractivity contribution is 0.163. The van der Waals surface area contributed by atoms with Crippen LogP contribution in [0, 0.1) is 5.92 Å². The van der Waals surface area contributed by atoms with Crippen LogP contribution in [0.3, 0.4) is 0 Å².